The number of allylic oxidation sites excluding steroid dienone is 4. The molecule has 3 aromatic carbocycles. The van der Waals surface area contributed by atoms with Crippen LogP contribution in [0.25, 0.3) is 6.08 Å². The third kappa shape index (κ3) is 9.42. The van der Waals surface area contributed by atoms with E-state index in [2.05, 4.69) is 37.6 Å². The van der Waals surface area contributed by atoms with Gasteiger partial charge < -0.3 is 14.8 Å². The highest BCUT2D eigenvalue weighted by molar-refractivity contribution is 14.1. The summed E-state index contributed by atoms with van der Waals surface area (Å²) >= 11 is 6.46. The standard InChI is InChI=1S/C36H31BrIN3O6S/c1-4-6-17-26(5-2)41-35(45)27(18-23-19-28(37)33(29(38)20-23)47-21-31(43)46-3)34(44)40-36(41)48-22-30(42)39-32(24-13-9-7-10-14-24)25-15-11-8-12-16-25/h4-20,32H,1,21-22H2,2-3H3,(H,39,42)/b17-6-,26-5+,27-18+. The molecular formula is C36H31BrIN3O6S. The predicted molar refractivity (Wildman–Crippen MR) is 200 cm³/mol. The smallest absolute Gasteiger partial charge is 0.343 e. The Labute approximate surface area is 305 Å². The molecule has 0 saturated heterocycles. The Morgan fingerprint density at radius 2 is 1.73 bits per heavy atom. The average molecular weight is 841 g/mol. The van der Waals surface area contributed by atoms with Crippen molar-refractivity contribution < 1.29 is 28.7 Å². The lowest BCUT2D eigenvalue weighted by atomic mass is 9.99. The summed E-state index contributed by atoms with van der Waals surface area (Å²) in [5.74, 6) is -1.89. The van der Waals surface area contributed by atoms with Crippen molar-refractivity contribution in [2.24, 2.45) is 4.99 Å². The second kappa shape index (κ2) is 17.8. The maximum absolute atomic E-state index is 14.0. The number of amides is 3. The van der Waals surface area contributed by atoms with E-state index in [9.17, 15) is 19.2 Å². The quantitative estimate of drug-likeness (QED) is 0.0688. The Kier molecular flexibility index (Phi) is 13.5. The Bertz CT molecular complexity index is 1760. The molecule has 0 fully saturated rings. The lowest BCUT2D eigenvalue weighted by Crippen LogP contribution is -2.42. The second-order valence-corrected chi connectivity index (χ2v) is 13.0. The van der Waals surface area contributed by atoms with Crippen LogP contribution < -0.4 is 10.1 Å². The maximum Gasteiger partial charge on any atom is 0.343 e. The van der Waals surface area contributed by atoms with Crippen LogP contribution in [0.4, 0.5) is 0 Å². The highest BCUT2D eigenvalue weighted by atomic mass is 127. The number of carbonyl (C=O) groups is 4. The van der Waals surface area contributed by atoms with Crippen LogP contribution in [0.5, 0.6) is 5.75 Å². The first-order valence-corrected chi connectivity index (χ1v) is 17.4. The topological polar surface area (TPSA) is 114 Å². The van der Waals surface area contributed by atoms with Crippen molar-refractivity contribution >= 4 is 85.2 Å². The fourth-order valence-electron chi connectivity index (χ4n) is 4.55. The van der Waals surface area contributed by atoms with Crippen LogP contribution >= 0.6 is 50.3 Å². The highest BCUT2D eigenvalue weighted by Gasteiger charge is 2.35. The minimum Gasteiger partial charge on any atom is -0.480 e. The predicted octanol–water partition coefficient (Wildman–Crippen LogP) is 7.00. The van der Waals surface area contributed by atoms with Crippen LogP contribution in [-0.4, -0.2) is 53.2 Å². The van der Waals surface area contributed by atoms with Crippen LogP contribution in [-0.2, 0) is 23.9 Å². The molecule has 3 amide bonds. The van der Waals surface area contributed by atoms with Gasteiger partial charge in [-0.15, -0.1) is 0 Å². The van der Waals surface area contributed by atoms with E-state index in [0.29, 0.717) is 25.1 Å². The Morgan fingerprint density at radius 3 is 2.29 bits per heavy atom. The van der Waals surface area contributed by atoms with Gasteiger partial charge >= 0.3 is 5.97 Å². The summed E-state index contributed by atoms with van der Waals surface area (Å²) in [6.45, 7) is 5.18. The first kappa shape index (κ1) is 36.6. The molecule has 0 unspecified atom stereocenters. The molecule has 0 atom stereocenters. The van der Waals surface area contributed by atoms with Gasteiger partial charge in [-0.3, -0.25) is 19.3 Å². The van der Waals surface area contributed by atoms with Crippen molar-refractivity contribution in [1.29, 1.82) is 0 Å². The molecule has 48 heavy (non-hydrogen) atoms. The second-order valence-electron chi connectivity index (χ2n) is 10.00. The molecule has 0 aliphatic carbocycles. The number of esters is 1. The Balaban J connectivity index is 1.62. The van der Waals surface area contributed by atoms with Crippen LogP contribution in [0, 0.1) is 3.57 Å². The van der Waals surface area contributed by atoms with E-state index in [1.54, 1.807) is 43.4 Å². The van der Waals surface area contributed by atoms with E-state index in [1.165, 1.54) is 18.1 Å². The Hall–Kier alpha value is -4.27. The van der Waals surface area contributed by atoms with E-state index >= 15 is 0 Å². The van der Waals surface area contributed by atoms with E-state index in [-0.39, 0.29) is 29.0 Å². The summed E-state index contributed by atoms with van der Waals surface area (Å²) in [7, 11) is 1.27. The molecule has 0 aromatic heterocycles. The fraction of sp³-hybridized carbons (Fsp3) is 0.139. The molecule has 12 heteroatoms. The average Bonchev–Trinajstić information content (AvgIpc) is 3.09. The van der Waals surface area contributed by atoms with Gasteiger partial charge in [0.05, 0.1) is 26.9 Å². The van der Waals surface area contributed by atoms with Gasteiger partial charge in [0.2, 0.25) is 5.91 Å². The Morgan fingerprint density at radius 1 is 1.08 bits per heavy atom. The van der Waals surface area contributed by atoms with Crippen molar-refractivity contribution in [3.8, 4) is 5.75 Å². The van der Waals surface area contributed by atoms with E-state index < -0.39 is 23.8 Å². The fourth-order valence-corrected chi connectivity index (χ4v) is 7.13. The normalized spacial score (nSPS) is 14.4. The summed E-state index contributed by atoms with van der Waals surface area (Å²) in [6.07, 6.45) is 8.04. The molecule has 0 radical (unpaired) electrons. The number of carbonyl (C=O) groups excluding carboxylic acids is 4. The first-order valence-electron chi connectivity index (χ1n) is 14.5. The van der Waals surface area contributed by atoms with Crippen LogP contribution in [0.3, 0.4) is 0 Å². The van der Waals surface area contributed by atoms with Gasteiger partial charge in [-0.1, -0.05) is 97.2 Å². The number of aliphatic imine (C=N–C) groups is 1. The van der Waals surface area contributed by atoms with Gasteiger partial charge in [-0.2, -0.15) is 4.99 Å². The van der Waals surface area contributed by atoms with E-state index in [0.717, 1.165) is 22.9 Å². The van der Waals surface area contributed by atoms with Gasteiger partial charge in [0, 0.05) is 5.70 Å². The van der Waals surface area contributed by atoms with E-state index in [1.807, 2.05) is 83.3 Å². The van der Waals surface area contributed by atoms with Crippen molar-refractivity contribution in [2.45, 2.75) is 13.0 Å². The highest BCUT2D eigenvalue weighted by Crippen LogP contribution is 2.34. The molecule has 9 nitrogen and oxygen atoms in total. The van der Waals surface area contributed by atoms with E-state index in [4.69, 9.17) is 4.74 Å². The minimum absolute atomic E-state index is 0.0670. The monoisotopic (exact) mass is 839 g/mol. The lowest BCUT2D eigenvalue weighted by Gasteiger charge is -2.28. The van der Waals surface area contributed by atoms with Gasteiger partial charge in [-0.05, 0) is 86.4 Å². The van der Waals surface area contributed by atoms with Crippen molar-refractivity contribution in [1.82, 2.24) is 10.2 Å². The number of nitrogens with one attached hydrogen (secondary N) is 1. The van der Waals surface area contributed by atoms with Crippen LogP contribution in [0.15, 0.2) is 124 Å². The van der Waals surface area contributed by atoms with Crippen LogP contribution in [0.1, 0.15) is 29.7 Å². The zero-order valence-corrected chi connectivity index (χ0v) is 30.6. The molecule has 0 bridgehead atoms. The van der Waals surface area contributed by atoms with Crippen LogP contribution in [0.2, 0.25) is 0 Å². The maximum atomic E-state index is 14.0. The molecule has 1 aliphatic heterocycles. The summed E-state index contributed by atoms with van der Waals surface area (Å²) in [4.78, 5) is 57.9. The largest absolute Gasteiger partial charge is 0.480 e. The summed E-state index contributed by atoms with van der Waals surface area (Å²) < 4.78 is 11.3. The number of methoxy groups -OCH3 is 1. The number of rotatable bonds is 12. The molecule has 1 aliphatic rings. The lowest BCUT2D eigenvalue weighted by molar-refractivity contribution is -0.143. The van der Waals surface area contributed by atoms with Crippen molar-refractivity contribution in [3.63, 3.8) is 0 Å². The summed E-state index contributed by atoms with van der Waals surface area (Å²) in [5.41, 5.74) is 2.62. The number of hydrogen-bond acceptors (Lipinski definition) is 7. The number of nitrogens with zero attached hydrogens (tertiary/aromatic N) is 2. The molecule has 0 spiro atoms. The number of hydrogen-bond donors (Lipinski definition) is 1. The van der Waals surface area contributed by atoms with Gasteiger partial charge in [0.1, 0.15) is 11.3 Å². The molecule has 0 saturated carbocycles. The molecule has 4 rings (SSSR count). The number of amidine groups is 1. The first-order chi connectivity index (χ1) is 23.2. The van der Waals surface area contributed by atoms with Gasteiger partial charge in [0.25, 0.3) is 11.8 Å². The number of ether oxygens (including phenoxy) is 2. The third-order valence-corrected chi connectivity index (χ3v) is 9.14. The summed E-state index contributed by atoms with van der Waals surface area (Å²) in [5, 5.41) is 3.15. The molecule has 1 N–H and O–H groups in total. The zero-order valence-electron chi connectivity index (χ0n) is 26.0. The summed E-state index contributed by atoms with van der Waals surface area (Å²) in [6, 6.07) is 22.2. The number of halogens is 2. The van der Waals surface area contributed by atoms with Gasteiger partial charge in [-0.25, -0.2) is 4.79 Å². The molecule has 1 heterocycles. The zero-order chi connectivity index (χ0) is 34.6. The number of thioether (sulfide) groups is 1. The SMILES string of the molecule is C=C/C=C\C(=C/C)N1C(=O)/C(=C/c2cc(Br)c(OCC(=O)OC)c(I)c2)C(=O)N=C1SCC(=O)NC(c1ccccc1)c1ccccc1. The van der Waals surface area contributed by atoms with Gasteiger partial charge in [0.15, 0.2) is 11.8 Å². The van der Waals surface area contributed by atoms with Crippen molar-refractivity contribution in [2.75, 3.05) is 19.5 Å². The van der Waals surface area contributed by atoms with Crippen molar-refractivity contribution in [3.05, 3.63) is 140 Å². The molecule has 246 valence electrons. The number of benzene rings is 3. The molecule has 3 aromatic rings. The molecular weight excluding hydrogens is 809 g/mol. The third-order valence-electron chi connectivity index (χ3n) is 6.81. The minimum atomic E-state index is -0.745.